The molecule has 0 amide bonds. The van der Waals surface area contributed by atoms with Crippen molar-refractivity contribution in [3.63, 3.8) is 0 Å². The normalized spacial score (nSPS) is 12.6. The van der Waals surface area contributed by atoms with Gasteiger partial charge < -0.3 is 16.2 Å². The van der Waals surface area contributed by atoms with Crippen LogP contribution in [0.2, 0.25) is 0 Å². The number of nitrogens with two attached hydrogens (primary N) is 2. The first-order valence-corrected chi connectivity index (χ1v) is 4.29. The molecule has 3 heteroatoms. The number of benzene rings is 1. The van der Waals surface area contributed by atoms with Gasteiger partial charge in [-0.05, 0) is 24.1 Å². The van der Waals surface area contributed by atoms with Crippen LogP contribution < -0.4 is 16.2 Å². The minimum Gasteiger partial charge on any atom is -0.496 e. The van der Waals surface area contributed by atoms with E-state index in [1.54, 1.807) is 7.11 Å². The van der Waals surface area contributed by atoms with Crippen LogP contribution >= 0.6 is 0 Å². The van der Waals surface area contributed by atoms with Crippen LogP contribution in [0.3, 0.4) is 0 Å². The molecule has 0 saturated heterocycles. The molecule has 1 aromatic carbocycles. The zero-order valence-electron chi connectivity index (χ0n) is 8.08. The highest BCUT2D eigenvalue weighted by atomic mass is 16.5. The maximum absolute atomic E-state index is 5.79. The Hall–Kier alpha value is -1.06. The number of methoxy groups -OCH3 is 1. The lowest BCUT2D eigenvalue weighted by Gasteiger charge is -2.11. The summed E-state index contributed by atoms with van der Waals surface area (Å²) >= 11 is 0. The predicted octanol–water partition coefficient (Wildman–Crippen LogP) is 0.962. The molecule has 72 valence electrons. The van der Waals surface area contributed by atoms with Crippen molar-refractivity contribution in [2.45, 2.75) is 13.0 Å². The Morgan fingerprint density at radius 3 is 2.62 bits per heavy atom. The number of hydrogen-bond acceptors (Lipinski definition) is 3. The maximum Gasteiger partial charge on any atom is 0.121 e. The monoisotopic (exact) mass is 180 g/mol. The molecule has 1 rings (SSSR count). The quantitative estimate of drug-likeness (QED) is 0.728. The van der Waals surface area contributed by atoms with Crippen LogP contribution in [0.25, 0.3) is 0 Å². The SMILES string of the molecule is COc1ccc(C(N)CN)cc1C. The fourth-order valence-corrected chi connectivity index (χ4v) is 1.27. The van der Waals surface area contributed by atoms with E-state index in [4.69, 9.17) is 16.2 Å². The Kier molecular flexibility index (Phi) is 3.28. The van der Waals surface area contributed by atoms with Crippen LogP contribution in [0.4, 0.5) is 0 Å². The molecular formula is C10H16N2O. The molecule has 0 saturated carbocycles. The molecular weight excluding hydrogens is 164 g/mol. The van der Waals surface area contributed by atoms with Gasteiger partial charge in [0, 0.05) is 12.6 Å². The van der Waals surface area contributed by atoms with E-state index in [0.29, 0.717) is 6.54 Å². The maximum atomic E-state index is 5.79. The van der Waals surface area contributed by atoms with Crippen molar-refractivity contribution < 1.29 is 4.74 Å². The zero-order chi connectivity index (χ0) is 9.84. The van der Waals surface area contributed by atoms with E-state index in [1.165, 1.54) is 0 Å². The van der Waals surface area contributed by atoms with E-state index in [9.17, 15) is 0 Å². The van der Waals surface area contributed by atoms with Gasteiger partial charge in [0.15, 0.2) is 0 Å². The van der Waals surface area contributed by atoms with Gasteiger partial charge in [-0.1, -0.05) is 12.1 Å². The highest BCUT2D eigenvalue weighted by Crippen LogP contribution is 2.20. The van der Waals surface area contributed by atoms with Gasteiger partial charge in [-0.25, -0.2) is 0 Å². The lowest BCUT2D eigenvalue weighted by atomic mass is 10.0. The minimum absolute atomic E-state index is 0.0791. The third-order valence-corrected chi connectivity index (χ3v) is 2.10. The molecule has 1 atom stereocenters. The van der Waals surface area contributed by atoms with Gasteiger partial charge in [-0.2, -0.15) is 0 Å². The molecule has 3 nitrogen and oxygen atoms in total. The van der Waals surface area contributed by atoms with Gasteiger partial charge in [-0.15, -0.1) is 0 Å². The Morgan fingerprint density at radius 1 is 1.46 bits per heavy atom. The number of hydrogen-bond donors (Lipinski definition) is 2. The Labute approximate surface area is 78.7 Å². The zero-order valence-corrected chi connectivity index (χ0v) is 8.08. The highest BCUT2D eigenvalue weighted by Gasteiger charge is 2.05. The first-order valence-electron chi connectivity index (χ1n) is 4.29. The van der Waals surface area contributed by atoms with E-state index in [1.807, 2.05) is 25.1 Å². The van der Waals surface area contributed by atoms with Crippen LogP contribution in [0.5, 0.6) is 5.75 Å². The third-order valence-electron chi connectivity index (χ3n) is 2.10. The van der Waals surface area contributed by atoms with Crippen molar-refractivity contribution in [3.05, 3.63) is 29.3 Å². The molecule has 0 spiro atoms. The molecule has 0 aliphatic carbocycles. The van der Waals surface area contributed by atoms with Crippen molar-refractivity contribution in [1.82, 2.24) is 0 Å². The van der Waals surface area contributed by atoms with Crippen LogP contribution in [0.15, 0.2) is 18.2 Å². The molecule has 1 unspecified atom stereocenters. The molecule has 4 N–H and O–H groups in total. The molecule has 0 aliphatic heterocycles. The van der Waals surface area contributed by atoms with E-state index in [0.717, 1.165) is 16.9 Å². The molecule has 0 fully saturated rings. The van der Waals surface area contributed by atoms with Crippen molar-refractivity contribution in [2.24, 2.45) is 11.5 Å². The van der Waals surface area contributed by atoms with Crippen LogP contribution in [-0.2, 0) is 0 Å². The summed E-state index contributed by atoms with van der Waals surface area (Å²) in [7, 11) is 1.66. The minimum atomic E-state index is -0.0791. The average Bonchev–Trinajstić information content (AvgIpc) is 2.16. The van der Waals surface area contributed by atoms with Gasteiger partial charge in [0.1, 0.15) is 5.75 Å². The standard InChI is InChI=1S/C10H16N2O/c1-7-5-8(9(12)6-11)3-4-10(7)13-2/h3-5,9H,6,11-12H2,1-2H3. The fraction of sp³-hybridized carbons (Fsp3) is 0.400. The third kappa shape index (κ3) is 2.20. The first-order chi connectivity index (χ1) is 6.19. The topological polar surface area (TPSA) is 61.3 Å². The van der Waals surface area contributed by atoms with E-state index < -0.39 is 0 Å². The molecule has 0 bridgehead atoms. The van der Waals surface area contributed by atoms with Crippen LogP contribution in [0.1, 0.15) is 17.2 Å². The second kappa shape index (κ2) is 4.25. The van der Waals surface area contributed by atoms with Gasteiger partial charge in [-0.3, -0.25) is 0 Å². The first kappa shape index (κ1) is 10.0. The summed E-state index contributed by atoms with van der Waals surface area (Å²) in [6, 6.07) is 5.80. The molecule has 13 heavy (non-hydrogen) atoms. The number of rotatable bonds is 3. The van der Waals surface area contributed by atoms with Crippen molar-refractivity contribution in [1.29, 1.82) is 0 Å². The lowest BCUT2D eigenvalue weighted by molar-refractivity contribution is 0.411. The Bertz CT molecular complexity index is 286. The Balaban J connectivity index is 2.95. The number of aryl methyl sites for hydroxylation is 1. The summed E-state index contributed by atoms with van der Waals surface area (Å²) in [6.45, 7) is 2.46. The summed E-state index contributed by atoms with van der Waals surface area (Å²) in [6.07, 6.45) is 0. The van der Waals surface area contributed by atoms with Gasteiger partial charge in [0.05, 0.1) is 7.11 Å². The lowest BCUT2D eigenvalue weighted by Crippen LogP contribution is -2.20. The number of ether oxygens (including phenoxy) is 1. The van der Waals surface area contributed by atoms with E-state index in [-0.39, 0.29) is 6.04 Å². The van der Waals surface area contributed by atoms with Crippen LogP contribution in [-0.4, -0.2) is 13.7 Å². The summed E-state index contributed by atoms with van der Waals surface area (Å²) in [5, 5.41) is 0. The molecule has 0 aliphatic rings. The summed E-state index contributed by atoms with van der Waals surface area (Å²) < 4.78 is 5.14. The molecule has 0 heterocycles. The summed E-state index contributed by atoms with van der Waals surface area (Å²) in [4.78, 5) is 0. The predicted molar refractivity (Wildman–Crippen MR) is 53.7 cm³/mol. The molecule has 1 aromatic rings. The second-order valence-corrected chi connectivity index (χ2v) is 3.07. The summed E-state index contributed by atoms with van der Waals surface area (Å²) in [5.74, 6) is 0.882. The summed E-state index contributed by atoms with van der Waals surface area (Å²) in [5.41, 5.74) is 13.4. The van der Waals surface area contributed by atoms with Gasteiger partial charge in [0.25, 0.3) is 0 Å². The average molecular weight is 180 g/mol. The van der Waals surface area contributed by atoms with E-state index >= 15 is 0 Å². The van der Waals surface area contributed by atoms with Crippen LogP contribution in [0, 0.1) is 6.92 Å². The second-order valence-electron chi connectivity index (χ2n) is 3.07. The van der Waals surface area contributed by atoms with Crippen molar-refractivity contribution in [2.75, 3.05) is 13.7 Å². The molecule has 0 radical (unpaired) electrons. The molecule has 0 aromatic heterocycles. The highest BCUT2D eigenvalue weighted by molar-refractivity contribution is 5.37. The van der Waals surface area contributed by atoms with Gasteiger partial charge in [0.2, 0.25) is 0 Å². The van der Waals surface area contributed by atoms with Gasteiger partial charge >= 0.3 is 0 Å². The fourth-order valence-electron chi connectivity index (χ4n) is 1.27. The van der Waals surface area contributed by atoms with Crippen molar-refractivity contribution in [3.8, 4) is 5.75 Å². The largest absolute Gasteiger partial charge is 0.496 e. The van der Waals surface area contributed by atoms with Crippen molar-refractivity contribution >= 4 is 0 Å². The van der Waals surface area contributed by atoms with E-state index in [2.05, 4.69) is 0 Å². The Morgan fingerprint density at radius 2 is 2.15 bits per heavy atom. The smallest absolute Gasteiger partial charge is 0.121 e.